The van der Waals surface area contributed by atoms with Gasteiger partial charge in [0.15, 0.2) is 0 Å². The second-order valence-electron chi connectivity index (χ2n) is 5.40. The van der Waals surface area contributed by atoms with Gasteiger partial charge in [0.2, 0.25) is 0 Å². The maximum atomic E-state index is 5.95. The summed E-state index contributed by atoms with van der Waals surface area (Å²) in [4.78, 5) is 4.12. The van der Waals surface area contributed by atoms with Crippen LogP contribution in [0, 0.1) is 12.8 Å². The molecule has 2 N–H and O–H groups in total. The van der Waals surface area contributed by atoms with E-state index in [1.54, 1.807) is 0 Å². The van der Waals surface area contributed by atoms with Gasteiger partial charge in [0.05, 0.1) is 0 Å². The van der Waals surface area contributed by atoms with Gasteiger partial charge in [-0.25, -0.2) is 0 Å². The summed E-state index contributed by atoms with van der Waals surface area (Å²) in [5.41, 5.74) is 7.37. The molecule has 3 unspecified atom stereocenters. The molecule has 3 heteroatoms. The van der Waals surface area contributed by atoms with Crippen LogP contribution in [0.15, 0.2) is 11.4 Å². The number of aryl methyl sites for hydroxylation is 1. The molecule has 2 heterocycles. The number of hydrogen-bond donors (Lipinski definition) is 1. The third-order valence-corrected chi connectivity index (χ3v) is 5.26. The zero-order valence-electron chi connectivity index (χ0n) is 11.1. The Kier molecular flexibility index (Phi) is 4.23. The van der Waals surface area contributed by atoms with Crippen molar-refractivity contribution in [2.75, 3.05) is 13.1 Å². The number of thiophene rings is 1. The lowest BCUT2D eigenvalue weighted by atomic mass is 9.91. The third kappa shape index (κ3) is 2.72. The number of nitrogens with zero attached hydrogens (tertiary/aromatic N) is 1. The first kappa shape index (κ1) is 13.1. The second-order valence-corrected chi connectivity index (χ2v) is 6.35. The Morgan fingerprint density at radius 2 is 2.35 bits per heavy atom. The van der Waals surface area contributed by atoms with Crippen molar-refractivity contribution in [2.45, 2.75) is 45.7 Å². The molecule has 2 nitrogen and oxygen atoms in total. The summed E-state index contributed by atoms with van der Waals surface area (Å²) < 4.78 is 0. The van der Waals surface area contributed by atoms with Crippen LogP contribution in [0.2, 0.25) is 0 Å². The van der Waals surface area contributed by atoms with Crippen LogP contribution in [-0.4, -0.2) is 24.0 Å². The van der Waals surface area contributed by atoms with Gasteiger partial charge in [-0.15, -0.1) is 11.3 Å². The van der Waals surface area contributed by atoms with Crippen LogP contribution in [0.3, 0.4) is 0 Å². The lowest BCUT2D eigenvalue weighted by molar-refractivity contribution is 0.0846. The predicted octanol–water partition coefficient (Wildman–Crippen LogP) is 3.18. The van der Waals surface area contributed by atoms with E-state index in [0.717, 1.165) is 12.5 Å². The van der Waals surface area contributed by atoms with Crippen LogP contribution in [0.5, 0.6) is 0 Å². The van der Waals surface area contributed by atoms with E-state index in [0.29, 0.717) is 12.1 Å². The average molecular weight is 252 g/mol. The van der Waals surface area contributed by atoms with E-state index in [2.05, 4.69) is 37.1 Å². The summed E-state index contributed by atoms with van der Waals surface area (Å²) in [6.07, 6.45) is 2.57. The molecule has 17 heavy (non-hydrogen) atoms. The summed E-state index contributed by atoms with van der Waals surface area (Å²) in [7, 11) is 0. The molecule has 0 saturated carbocycles. The van der Waals surface area contributed by atoms with Crippen molar-refractivity contribution >= 4 is 11.3 Å². The first-order valence-electron chi connectivity index (χ1n) is 6.63. The van der Waals surface area contributed by atoms with Gasteiger partial charge < -0.3 is 5.73 Å². The molecule has 1 fully saturated rings. The largest absolute Gasteiger partial charge is 0.329 e. The molecule has 0 aromatic carbocycles. The molecule has 3 atom stereocenters. The fourth-order valence-electron chi connectivity index (χ4n) is 2.97. The molecule has 1 aliphatic heterocycles. The maximum Gasteiger partial charge on any atom is 0.0419 e. The van der Waals surface area contributed by atoms with Crippen molar-refractivity contribution in [2.24, 2.45) is 11.7 Å². The monoisotopic (exact) mass is 252 g/mol. The van der Waals surface area contributed by atoms with E-state index >= 15 is 0 Å². The molecule has 1 aromatic rings. The maximum absolute atomic E-state index is 5.95. The first-order valence-corrected chi connectivity index (χ1v) is 7.51. The van der Waals surface area contributed by atoms with Crippen molar-refractivity contribution < 1.29 is 0 Å². The Morgan fingerprint density at radius 1 is 1.59 bits per heavy atom. The van der Waals surface area contributed by atoms with Crippen LogP contribution in [0.25, 0.3) is 0 Å². The van der Waals surface area contributed by atoms with Gasteiger partial charge in [0.25, 0.3) is 0 Å². The summed E-state index contributed by atoms with van der Waals surface area (Å²) in [5, 5.41) is 2.20. The molecule has 96 valence electrons. The van der Waals surface area contributed by atoms with E-state index in [-0.39, 0.29) is 0 Å². The minimum Gasteiger partial charge on any atom is -0.329 e. The standard InChI is InChI=1S/C14H24N2S/c1-10-4-6-16(13(8-10)9-15)12(3)14-11(2)5-7-17-14/h5,7,10,12-13H,4,6,8-9,15H2,1-3H3. The highest BCUT2D eigenvalue weighted by molar-refractivity contribution is 7.10. The number of nitrogens with two attached hydrogens (primary N) is 1. The summed E-state index contributed by atoms with van der Waals surface area (Å²) in [6.45, 7) is 8.88. The van der Waals surface area contributed by atoms with Gasteiger partial charge >= 0.3 is 0 Å². The van der Waals surface area contributed by atoms with Gasteiger partial charge in [-0.2, -0.15) is 0 Å². The van der Waals surface area contributed by atoms with Crippen LogP contribution in [0.4, 0.5) is 0 Å². The number of rotatable bonds is 3. The molecule has 1 aliphatic rings. The van der Waals surface area contributed by atoms with Gasteiger partial charge in [0, 0.05) is 23.5 Å². The van der Waals surface area contributed by atoms with E-state index in [4.69, 9.17) is 5.73 Å². The van der Waals surface area contributed by atoms with Gasteiger partial charge in [0.1, 0.15) is 0 Å². The van der Waals surface area contributed by atoms with E-state index in [1.807, 2.05) is 11.3 Å². The summed E-state index contributed by atoms with van der Waals surface area (Å²) in [6, 6.07) is 3.31. The topological polar surface area (TPSA) is 29.3 Å². The highest BCUT2D eigenvalue weighted by atomic mass is 32.1. The van der Waals surface area contributed by atoms with Crippen molar-refractivity contribution in [3.8, 4) is 0 Å². The Labute approximate surface area is 109 Å². The quantitative estimate of drug-likeness (QED) is 0.895. The van der Waals surface area contributed by atoms with E-state index < -0.39 is 0 Å². The lowest BCUT2D eigenvalue weighted by Gasteiger charge is -2.41. The molecule has 2 rings (SSSR count). The molecule has 0 spiro atoms. The van der Waals surface area contributed by atoms with Crippen molar-refractivity contribution in [1.82, 2.24) is 4.90 Å². The van der Waals surface area contributed by atoms with E-state index in [9.17, 15) is 0 Å². The smallest absolute Gasteiger partial charge is 0.0419 e. The van der Waals surface area contributed by atoms with Crippen LogP contribution in [-0.2, 0) is 0 Å². The normalized spacial score (nSPS) is 28.2. The zero-order chi connectivity index (χ0) is 12.4. The Bertz CT molecular complexity index is 361. The van der Waals surface area contributed by atoms with Crippen molar-refractivity contribution in [3.63, 3.8) is 0 Å². The molecular formula is C14H24N2S. The molecule has 1 aromatic heterocycles. The highest BCUT2D eigenvalue weighted by Gasteiger charge is 2.30. The third-order valence-electron chi connectivity index (χ3n) is 4.07. The first-order chi connectivity index (χ1) is 8.13. The van der Waals surface area contributed by atoms with Gasteiger partial charge in [-0.3, -0.25) is 4.90 Å². The van der Waals surface area contributed by atoms with Gasteiger partial charge in [-0.05, 0) is 56.2 Å². The number of hydrogen-bond acceptors (Lipinski definition) is 3. The SMILES string of the molecule is Cc1ccsc1C(C)N1CCC(C)CC1CN. The summed E-state index contributed by atoms with van der Waals surface area (Å²) >= 11 is 1.88. The number of piperidine rings is 1. The second kappa shape index (κ2) is 5.51. The van der Waals surface area contributed by atoms with Crippen molar-refractivity contribution in [3.05, 3.63) is 21.9 Å². The molecule has 1 saturated heterocycles. The van der Waals surface area contributed by atoms with E-state index in [1.165, 1.54) is 29.8 Å². The van der Waals surface area contributed by atoms with Crippen LogP contribution in [0.1, 0.15) is 43.2 Å². The average Bonchev–Trinajstić information content (AvgIpc) is 2.74. The molecular weight excluding hydrogens is 228 g/mol. The number of likely N-dealkylation sites (tertiary alicyclic amines) is 1. The Morgan fingerprint density at radius 3 is 2.94 bits per heavy atom. The minimum absolute atomic E-state index is 0.524. The summed E-state index contributed by atoms with van der Waals surface area (Å²) in [5.74, 6) is 0.830. The minimum atomic E-state index is 0.524. The Hall–Kier alpha value is -0.380. The van der Waals surface area contributed by atoms with Crippen LogP contribution < -0.4 is 5.73 Å². The van der Waals surface area contributed by atoms with Crippen LogP contribution >= 0.6 is 11.3 Å². The van der Waals surface area contributed by atoms with Crippen molar-refractivity contribution in [1.29, 1.82) is 0 Å². The molecule has 0 aliphatic carbocycles. The zero-order valence-corrected chi connectivity index (χ0v) is 12.0. The molecule has 0 bridgehead atoms. The fourth-order valence-corrected chi connectivity index (χ4v) is 3.98. The predicted molar refractivity (Wildman–Crippen MR) is 75.4 cm³/mol. The van der Waals surface area contributed by atoms with Gasteiger partial charge in [-0.1, -0.05) is 6.92 Å². The molecule has 0 amide bonds. The molecule has 0 radical (unpaired) electrons. The lowest BCUT2D eigenvalue weighted by Crippen LogP contribution is -2.47. The fraction of sp³-hybridized carbons (Fsp3) is 0.714. The highest BCUT2D eigenvalue weighted by Crippen LogP contribution is 2.34. The Balaban J connectivity index is 2.13.